The fourth-order valence-corrected chi connectivity index (χ4v) is 2.83. The smallest absolute Gasteiger partial charge is 0.256 e. The number of nitrogen functional groups attached to an aromatic ring is 1. The SMILES string of the molecule is Nc1cnc(Cl)cc1C(=O)N1CCCc2ccccc2C1. The highest BCUT2D eigenvalue weighted by atomic mass is 35.5. The number of anilines is 1. The zero-order chi connectivity index (χ0) is 14.8. The molecule has 2 N–H and O–H groups in total. The third-order valence-corrected chi connectivity index (χ3v) is 3.98. The molecule has 0 saturated carbocycles. The first-order valence-corrected chi connectivity index (χ1v) is 7.30. The summed E-state index contributed by atoms with van der Waals surface area (Å²) in [6.45, 7) is 1.32. The molecule has 0 atom stereocenters. The van der Waals surface area contributed by atoms with E-state index in [-0.39, 0.29) is 11.1 Å². The zero-order valence-corrected chi connectivity index (χ0v) is 12.3. The third kappa shape index (κ3) is 2.85. The van der Waals surface area contributed by atoms with Crippen molar-refractivity contribution in [1.82, 2.24) is 9.88 Å². The first kappa shape index (κ1) is 13.9. The Morgan fingerprint density at radius 2 is 2.05 bits per heavy atom. The molecule has 3 rings (SSSR count). The van der Waals surface area contributed by atoms with Gasteiger partial charge in [0, 0.05) is 13.1 Å². The molecule has 0 aliphatic carbocycles. The molecule has 0 unspecified atom stereocenters. The highest BCUT2D eigenvalue weighted by molar-refractivity contribution is 6.29. The molecule has 0 radical (unpaired) electrons. The number of fused-ring (bicyclic) bond motifs is 1. The van der Waals surface area contributed by atoms with Gasteiger partial charge in [0.05, 0.1) is 17.4 Å². The lowest BCUT2D eigenvalue weighted by Gasteiger charge is -2.21. The minimum absolute atomic E-state index is 0.0893. The maximum atomic E-state index is 12.7. The topological polar surface area (TPSA) is 59.2 Å². The van der Waals surface area contributed by atoms with E-state index in [1.54, 1.807) is 0 Å². The van der Waals surface area contributed by atoms with E-state index in [1.165, 1.54) is 23.4 Å². The van der Waals surface area contributed by atoms with Crippen LogP contribution >= 0.6 is 11.6 Å². The predicted octanol–water partition coefficient (Wildman–Crippen LogP) is 2.91. The molecule has 1 amide bonds. The molecule has 1 aromatic carbocycles. The average Bonchev–Trinajstić information content (AvgIpc) is 2.71. The summed E-state index contributed by atoms with van der Waals surface area (Å²) in [7, 11) is 0. The molecule has 2 heterocycles. The summed E-state index contributed by atoms with van der Waals surface area (Å²) in [5, 5.41) is 0.280. The number of carbonyl (C=O) groups excluding carboxylic acids is 1. The number of benzene rings is 1. The van der Waals surface area contributed by atoms with Crippen molar-refractivity contribution in [2.24, 2.45) is 0 Å². The Morgan fingerprint density at radius 1 is 1.29 bits per heavy atom. The largest absolute Gasteiger partial charge is 0.397 e. The van der Waals surface area contributed by atoms with E-state index in [1.807, 2.05) is 17.0 Å². The van der Waals surface area contributed by atoms with Crippen molar-refractivity contribution in [3.05, 3.63) is 58.4 Å². The third-order valence-electron chi connectivity index (χ3n) is 3.77. The van der Waals surface area contributed by atoms with E-state index < -0.39 is 0 Å². The van der Waals surface area contributed by atoms with E-state index in [9.17, 15) is 4.79 Å². The maximum absolute atomic E-state index is 12.7. The number of hydrogen-bond donors (Lipinski definition) is 1. The summed E-state index contributed by atoms with van der Waals surface area (Å²) in [6, 6.07) is 9.78. The lowest BCUT2D eigenvalue weighted by atomic mass is 10.0. The van der Waals surface area contributed by atoms with Gasteiger partial charge in [0.2, 0.25) is 0 Å². The second kappa shape index (κ2) is 5.74. The van der Waals surface area contributed by atoms with Gasteiger partial charge in [0.1, 0.15) is 5.15 Å². The Hall–Kier alpha value is -2.07. The summed E-state index contributed by atoms with van der Waals surface area (Å²) < 4.78 is 0. The summed E-state index contributed by atoms with van der Waals surface area (Å²) in [4.78, 5) is 18.4. The molecule has 0 fully saturated rings. The van der Waals surface area contributed by atoms with Gasteiger partial charge in [-0.1, -0.05) is 35.9 Å². The van der Waals surface area contributed by atoms with Gasteiger partial charge in [-0.3, -0.25) is 4.79 Å². The predicted molar refractivity (Wildman–Crippen MR) is 83.2 cm³/mol. The van der Waals surface area contributed by atoms with E-state index in [4.69, 9.17) is 17.3 Å². The maximum Gasteiger partial charge on any atom is 0.256 e. The highest BCUT2D eigenvalue weighted by Crippen LogP contribution is 2.22. The minimum Gasteiger partial charge on any atom is -0.397 e. The van der Waals surface area contributed by atoms with Gasteiger partial charge in [0.15, 0.2) is 0 Å². The molecular formula is C16H16ClN3O. The summed E-state index contributed by atoms with van der Waals surface area (Å²) in [6.07, 6.45) is 3.37. The summed E-state index contributed by atoms with van der Waals surface area (Å²) in [5.74, 6) is -0.0893. The van der Waals surface area contributed by atoms with Gasteiger partial charge >= 0.3 is 0 Å². The number of nitrogens with two attached hydrogens (primary N) is 1. The van der Waals surface area contributed by atoms with Crippen LogP contribution in [0.5, 0.6) is 0 Å². The Balaban J connectivity index is 1.90. The van der Waals surface area contributed by atoms with Crippen LogP contribution in [0, 0.1) is 0 Å². The number of aryl methyl sites for hydroxylation is 1. The molecule has 1 aromatic heterocycles. The number of hydrogen-bond acceptors (Lipinski definition) is 3. The average molecular weight is 302 g/mol. The van der Waals surface area contributed by atoms with Crippen LogP contribution in [0.25, 0.3) is 0 Å². The zero-order valence-electron chi connectivity index (χ0n) is 11.6. The molecule has 5 heteroatoms. The molecule has 1 aliphatic rings. The van der Waals surface area contributed by atoms with Crippen LogP contribution in [0.2, 0.25) is 5.15 Å². The van der Waals surface area contributed by atoms with Gasteiger partial charge in [-0.15, -0.1) is 0 Å². The van der Waals surface area contributed by atoms with Crippen LogP contribution in [0.3, 0.4) is 0 Å². The molecule has 108 valence electrons. The molecule has 4 nitrogen and oxygen atoms in total. The molecular weight excluding hydrogens is 286 g/mol. The Labute approximate surface area is 128 Å². The van der Waals surface area contributed by atoms with Gasteiger partial charge in [-0.25, -0.2) is 4.98 Å². The Kier molecular flexibility index (Phi) is 3.80. The summed E-state index contributed by atoms with van der Waals surface area (Å²) in [5.41, 5.74) is 9.16. The number of pyridine rings is 1. The van der Waals surface area contributed by atoms with Crippen molar-refractivity contribution in [2.45, 2.75) is 19.4 Å². The van der Waals surface area contributed by atoms with Crippen molar-refractivity contribution in [3.63, 3.8) is 0 Å². The van der Waals surface area contributed by atoms with Gasteiger partial charge in [0.25, 0.3) is 5.91 Å². The molecule has 0 spiro atoms. The highest BCUT2D eigenvalue weighted by Gasteiger charge is 2.22. The molecule has 0 bridgehead atoms. The first-order valence-electron chi connectivity index (χ1n) is 6.92. The van der Waals surface area contributed by atoms with E-state index in [0.717, 1.165) is 12.8 Å². The fourth-order valence-electron chi connectivity index (χ4n) is 2.67. The minimum atomic E-state index is -0.0893. The van der Waals surface area contributed by atoms with Crippen LogP contribution < -0.4 is 5.73 Å². The van der Waals surface area contributed by atoms with Gasteiger partial charge in [-0.2, -0.15) is 0 Å². The monoisotopic (exact) mass is 301 g/mol. The van der Waals surface area contributed by atoms with Crippen LogP contribution in [0.4, 0.5) is 5.69 Å². The van der Waals surface area contributed by atoms with Crippen LogP contribution in [0.1, 0.15) is 27.9 Å². The van der Waals surface area contributed by atoms with E-state index >= 15 is 0 Å². The molecule has 1 aliphatic heterocycles. The van der Waals surface area contributed by atoms with E-state index in [2.05, 4.69) is 17.1 Å². The Morgan fingerprint density at radius 3 is 2.86 bits per heavy atom. The fraction of sp³-hybridized carbons (Fsp3) is 0.250. The Bertz CT molecular complexity index is 687. The van der Waals surface area contributed by atoms with Crippen LogP contribution in [-0.4, -0.2) is 22.3 Å². The first-order chi connectivity index (χ1) is 10.1. The number of amides is 1. The number of halogens is 1. The van der Waals surface area contributed by atoms with Crippen LogP contribution in [-0.2, 0) is 13.0 Å². The normalized spacial score (nSPS) is 14.4. The van der Waals surface area contributed by atoms with Crippen molar-refractivity contribution in [1.29, 1.82) is 0 Å². The van der Waals surface area contributed by atoms with Gasteiger partial charge in [-0.05, 0) is 30.0 Å². The lowest BCUT2D eigenvalue weighted by molar-refractivity contribution is 0.0747. The lowest BCUT2D eigenvalue weighted by Crippen LogP contribution is -2.31. The summed E-state index contributed by atoms with van der Waals surface area (Å²) >= 11 is 5.88. The number of nitrogens with zero attached hydrogens (tertiary/aromatic N) is 2. The van der Waals surface area contributed by atoms with Crippen molar-refractivity contribution < 1.29 is 4.79 Å². The quantitative estimate of drug-likeness (QED) is 0.824. The number of aromatic nitrogens is 1. The number of carbonyl (C=O) groups is 1. The molecule has 2 aromatic rings. The molecule has 21 heavy (non-hydrogen) atoms. The second-order valence-electron chi connectivity index (χ2n) is 5.19. The van der Waals surface area contributed by atoms with Crippen molar-refractivity contribution >= 4 is 23.2 Å². The molecule has 0 saturated heterocycles. The second-order valence-corrected chi connectivity index (χ2v) is 5.58. The van der Waals surface area contributed by atoms with Crippen LogP contribution in [0.15, 0.2) is 36.5 Å². The number of rotatable bonds is 1. The van der Waals surface area contributed by atoms with Gasteiger partial charge < -0.3 is 10.6 Å². The van der Waals surface area contributed by atoms with Crippen molar-refractivity contribution in [3.8, 4) is 0 Å². The van der Waals surface area contributed by atoms with E-state index in [0.29, 0.717) is 24.3 Å². The standard InChI is InChI=1S/C16H16ClN3O/c17-15-8-13(14(18)9-19-15)16(21)20-7-3-6-11-4-1-2-5-12(11)10-20/h1-2,4-5,8-9H,3,6-7,10,18H2. The van der Waals surface area contributed by atoms with Crippen molar-refractivity contribution in [2.75, 3.05) is 12.3 Å².